The third kappa shape index (κ3) is 3.38. The van der Waals surface area contributed by atoms with Gasteiger partial charge < -0.3 is 5.32 Å². The summed E-state index contributed by atoms with van der Waals surface area (Å²) in [5.74, 6) is 2.45. The molecule has 1 aromatic rings. The topological polar surface area (TPSA) is 66.5 Å². The molecule has 0 radical (unpaired) electrons. The second-order valence-corrected chi connectivity index (χ2v) is 14.0. The number of carbonyl (C=O) groups is 1. The van der Waals surface area contributed by atoms with Crippen molar-refractivity contribution in [3.8, 4) is 0 Å². The van der Waals surface area contributed by atoms with E-state index in [0.29, 0.717) is 17.2 Å². The fraction of sp³-hybridized carbons (Fsp3) is 0.750. The molecule has 1 atom stereocenters. The van der Waals surface area contributed by atoms with E-state index in [4.69, 9.17) is 0 Å². The van der Waals surface area contributed by atoms with Crippen LogP contribution in [-0.4, -0.2) is 37.8 Å². The van der Waals surface area contributed by atoms with E-state index in [1.165, 1.54) is 54.2 Å². The van der Waals surface area contributed by atoms with E-state index in [2.05, 4.69) is 21.2 Å². The van der Waals surface area contributed by atoms with Crippen LogP contribution in [0, 0.1) is 23.2 Å². The summed E-state index contributed by atoms with van der Waals surface area (Å²) in [4.78, 5) is 13.0. The normalized spacial score (nSPS) is 37.5. The zero-order valence-electron chi connectivity index (χ0n) is 15.9. The lowest BCUT2D eigenvalue weighted by Crippen LogP contribution is -2.53. The van der Waals surface area contributed by atoms with E-state index in [1.807, 2.05) is 0 Å². The first-order valence-corrected chi connectivity index (χ1v) is 13.4. The molecule has 154 valence electrons. The highest BCUT2D eigenvalue weighted by molar-refractivity contribution is 9.11. The van der Waals surface area contributed by atoms with Crippen LogP contribution in [-0.2, 0) is 14.8 Å². The first-order chi connectivity index (χ1) is 13.3. The Morgan fingerprint density at radius 2 is 1.82 bits per heavy atom. The predicted octanol–water partition coefficient (Wildman–Crippen LogP) is 4.00. The Hall–Kier alpha value is -0.440. The molecule has 28 heavy (non-hydrogen) atoms. The number of nitrogens with zero attached hydrogens (tertiary/aromatic N) is 1. The average molecular weight is 487 g/mol. The van der Waals surface area contributed by atoms with Crippen LogP contribution in [0.25, 0.3) is 0 Å². The number of halogens is 1. The van der Waals surface area contributed by atoms with Crippen LogP contribution in [0.2, 0.25) is 0 Å². The molecule has 1 N–H and O–H groups in total. The van der Waals surface area contributed by atoms with Crippen LogP contribution in [0.5, 0.6) is 0 Å². The molecule has 5 aliphatic rings. The molecule has 0 spiro atoms. The van der Waals surface area contributed by atoms with E-state index in [1.54, 1.807) is 12.1 Å². The Labute approximate surface area is 179 Å². The molecule has 5 fully saturated rings. The summed E-state index contributed by atoms with van der Waals surface area (Å²) >= 11 is 4.54. The summed E-state index contributed by atoms with van der Waals surface area (Å²) in [6.07, 6.45) is 9.24. The number of carbonyl (C=O) groups excluding carboxylic acids is 1. The molecular weight excluding hydrogens is 460 g/mol. The molecule has 6 rings (SSSR count). The van der Waals surface area contributed by atoms with Crippen LogP contribution in [0.4, 0.5) is 0 Å². The van der Waals surface area contributed by atoms with E-state index in [-0.39, 0.29) is 11.3 Å². The summed E-state index contributed by atoms with van der Waals surface area (Å²) in [7, 11) is -3.61. The average Bonchev–Trinajstić information content (AvgIpc) is 3.28. The van der Waals surface area contributed by atoms with Crippen molar-refractivity contribution in [2.45, 2.75) is 61.6 Å². The molecule has 1 aromatic heterocycles. The highest BCUT2D eigenvalue weighted by Crippen LogP contribution is 2.59. The molecule has 0 aromatic carbocycles. The molecule has 2 heterocycles. The Kier molecular flexibility index (Phi) is 4.92. The lowest BCUT2D eigenvalue weighted by Gasteiger charge is -2.57. The van der Waals surface area contributed by atoms with Crippen molar-refractivity contribution in [1.82, 2.24) is 9.62 Å². The van der Waals surface area contributed by atoms with Crippen molar-refractivity contribution in [1.29, 1.82) is 0 Å². The standard InChI is InChI=1S/C20H27BrN2O3S2/c21-17-3-4-18(27-17)28(25,26)23-5-1-2-16(23)19(24)22-12-20-9-13-6-14(10-20)8-15(7-13)11-20/h3-4,13-16H,1-2,5-12H2,(H,22,24). The first-order valence-electron chi connectivity index (χ1n) is 10.4. The molecule has 1 amide bonds. The van der Waals surface area contributed by atoms with Crippen LogP contribution >= 0.6 is 27.3 Å². The van der Waals surface area contributed by atoms with Crippen molar-refractivity contribution in [2.75, 3.05) is 13.1 Å². The zero-order chi connectivity index (χ0) is 19.5. The Morgan fingerprint density at radius 3 is 2.39 bits per heavy atom. The van der Waals surface area contributed by atoms with Gasteiger partial charge in [0, 0.05) is 13.1 Å². The summed E-state index contributed by atoms with van der Waals surface area (Å²) in [6, 6.07) is 2.79. The van der Waals surface area contributed by atoms with Crippen molar-refractivity contribution in [2.24, 2.45) is 23.2 Å². The number of amides is 1. The van der Waals surface area contributed by atoms with Gasteiger partial charge in [-0.25, -0.2) is 8.42 Å². The fourth-order valence-electron chi connectivity index (χ4n) is 6.74. The Balaban J connectivity index is 1.27. The highest BCUT2D eigenvalue weighted by Gasteiger charge is 2.51. The maximum absolute atomic E-state index is 13.0. The Morgan fingerprint density at radius 1 is 1.18 bits per heavy atom. The summed E-state index contributed by atoms with van der Waals surface area (Å²) in [5, 5.41) is 3.19. The van der Waals surface area contributed by atoms with Crippen LogP contribution in [0.15, 0.2) is 20.1 Å². The highest BCUT2D eigenvalue weighted by atomic mass is 79.9. The largest absolute Gasteiger partial charge is 0.354 e. The van der Waals surface area contributed by atoms with Crippen molar-refractivity contribution < 1.29 is 13.2 Å². The predicted molar refractivity (Wildman–Crippen MR) is 113 cm³/mol. The Bertz CT molecular complexity index is 846. The second kappa shape index (κ2) is 7.06. The van der Waals surface area contributed by atoms with Gasteiger partial charge in [0.15, 0.2) is 0 Å². The number of hydrogen-bond acceptors (Lipinski definition) is 4. The maximum atomic E-state index is 13.0. The van der Waals surface area contributed by atoms with E-state index in [0.717, 1.165) is 34.5 Å². The SMILES string of the molecule is O=C(NCC12CC3CC(CC(C3)C1)C2)C1CCCN1S(=O)(=O)c1ccc(Br)s1. The third-order valence-electron chi connectivity index (χ3n) is 7.42. The minimum Gasteiger partial charge on any atom is -0.354 e. The van der Waals surface area contributed by atoms with Gasteiger partial charge in [-0.05, 0) is 103 Å². The van der Waals surface area contributed by atoms with E-state index >= 15 is 0 Å². The number of hydrogen-bond donors (Lipinski definition) is 1. The van der Waals surface area contributed by atoms with E-state index < -0.39 is 16.1 Å². The van der Waals surface area contributed by atoms with Crippen molar-refractivity contribution in [3.05, 3.63) is 15.9 Å². The minimum atomic E-state index is -3.61. The van der Waals surface area contributed by atoms with Crippen LogP contribution in [0.3, 0.4) is 0 Å². The maximum Gasteiger partial charge on any atom is 0.253 e. The summed E-state index contributed by atoms with van der Waals surface area (Å²) in [6.45, 7) is 1.15. The molecule has 4 bridgehead atoms. The van der Waals surface area contributed by atoms with Gasteiger partial charge in [-0.1, -0.05) is 0 Å². The van der Waals surface area contributed by atoms with Gasteiger partial charge in [-0.2, -0.15) is 4.31 Å². The number of nitrogens with one attached hydrogen (secondary N) is 1. The lowest BCUT2D eigenvalue weighted by atomic mass is 9.49. The molecule has 4 aliphatic carbocycles. The lowest BCUT2D eigenvalue weighted by molar-refractivity contribution is -0.126. The van der Waals surface area contributed by atoms with Gasteiger partial charge >= 0.3 is 0 Å². The van der Waals surface area contributed by atoms with Gasteiger partial charge in [0.25, 0.3) is 10.0 Å². The van der Waals surface area contributed by atoms with Gasteiger partial charge in [0.05, 0.1) is 3.79 Å². The third-order valence-corrected chi connectivity index (χ3v) is 11.4. The monoisotopic (exact) mass is 486 g/mol. The molecule has 1 unspecified atom stereocenters. The van der Waals surface area contributed by atoms with Crippen molar-refractivity contribution in [3.63, 3.8) is 0 Å². The summed E-state index contributed by atoms with van der Waals surface area (Å²) < 4.78 is 28.6. The number of sulfonamides is 1. The second-order valence-electron chi connectivity index (χ2n) is 9.47. The minimum absolute atomic E-state index is 0.104. The number of thiophene rings is 1. The molecule has 1 saturated heterocycles. The zero-order valence-corrected chi connectivity index (χ0v) is 19.1. The molecule has 4 saturated carbocycles. The smallest absolute Gasteiger partial charge is 0.253 e. The van der Waals surface area contributed by atoms with Gasteiger partial charge in [0.2, 0.25) is 5.91 Å². The molecule has 5 nitrogen and oxygen atoms in total. The fourth-order valence-corrected chi connectivity index (χ4v) is 10.5. The van der Waals surface area contributed by atoms with Crippen molar-refractivity contribution >= 4 is 43.2 Å². The molecular formula is C20H27BrN2O3S2. The summed E-state index contributed by atoms with van der Waals surface area (Å²) in [5.41, 5.74) is 0.269. The number of rotatable bonds is 5. The molecule has 1 aliphatic heterocycles. The van der Waals surface area contributed by atoms with Gasteiger partial charge in [0.1, 0.15) is 10.3 Å². The van der Waals surface area contributed by atoms with E-state index in [9.17, 15) is 13.2 Å². The van der Waals surface area contributed by atoms with Crippen LogP contribution < -0.4 is 5.32 Å². The molecule has 8 heteroatoms. The first kappa shape index (κ1) is 19.5. The van der Waals surface area contributed by atoms with Gasteiger partial charge in [-0.3, -0.25) is 4.79 Å². The van der Waals surface area contributed by atoms with Gasteiger partial charge in [-0.15, -0.1) is 11.3 Å². The quantitative estimate of drug-likeness (QED) is 0.683. The van der Waals surface area contributed by atoms with Crippen LogP contribution in [0.1, 0.15) is 51.4 Å².